The van der Waals surface area contributed by atoms with E-state index in [9.17, 15) is 14.4 Å². The molecule has 2 heterocycles. The number of nitrogens with one attached hydrogen (secondary N) is 2. The summed E-state index contributed by atoms with van der Waals surface area (Å²) in [5.41, 5.74) is -0.639. The van der Waals surface area contributed by atoms with E-state index in [0.717, 1.165) is 0 Å². The molecule has 2 N–H and O–H groups in total. The van der Waals surface area contributed by atoms with Crippen molar-refractivity contribution in [2.45, 2.75) is 0 Å². The number of fused-ring (bicyclic) bond motifs is 1. The van der Waals surface area contributed by atoms with Crippen LogP contribution in [-0.4, -0.2) is 40.7 Å². The van der Waals surface area contributed by atoms with Gasteiger partial charge in [-0.3, -0.25) is 19.1 Å². The van der Waals surface area contributed by atoms with Crippen molar-refractivity contribution in [3.63, 3.8) is 0 Å². The lowest BCUT2D eigenvalue weighted by atomic mass is 10.2. The molecule has 0 spiro atoms. The number of rotatable bonds is 4. The maximum atomic E-state index is 11.8. The molecule has 2 rings (SSSR count). The fourth-order valence-corrected chi connectivity index (χ4v) is 1.73. The molecule has 0 radical (unpaired) electrons. The minimum atomic E-state index is -0.567. The van der Waals surface area contributed by atoms with Crippen molar-refractivity contribution >= 4 is 16.9 Å². The van der Waals surface area contributed by atoms with Gasteiger partial charge in [-0.1, -0.05) is 0 Å². The first-order valence-corrected chi connectivity index (χ1v) is 5.91. The van der Waals surface area contributed by atoms with Gasteiger partial charge in [0.25, 0.3) is 11.5 Å². The first kappa shape index (κ1) is 13.9. The molecule has 1 amide bonds. The van der Waals surface area contributed by atoms with Crippen LogP contribution in [0.15, 0.2) is 21.9 Å². The van der Waals surface area contributed by atoms with Crippen LogP contribution < -0.4 is 16.6 Å². The maximum absolute atomic E-state index is 11.8. The minimum absolute atomic E-state index is 0.187. The average molecular weight is 278 g/mol. The Bertz CT molecular complexity index is 762. The van der Waals surface area contributed by atoms with Gasteiger partial charge in [-0.05, 0) is 6.07 Å². The van der Waals surface area contributed by atoms with Gasteiger partial charge in [0.05, 0.1) is 17.6 Å². The summed E-state index contributed by atoms with van der Waals surface area (Å²) in [6.07, 6.45) is 1.32. The summed E-state index contributed by atoms with van der Waals surface area (Å²) in [6.45, 7) is 0.749. The molecule has 0 bridgehead atoms. The minimum Gasteiger partial charge on any atom is -0.383 e. The van der Waals surface area contributed by atoms with Gasteiger partial charge in [0.15, 0.2) is 0 Å². The van der Waals surface area contributed by atoms with Crippen LogP contribution in [-0.2, 0) is 11.8 Å². The number of carbonyl (C=O) groups is 1. The zero-order chi connectivity index (χ0) is 14.7. The van der Waals surface area contributed by atoms with Crippen LogP contribution in [0.25, 0.3) is 11.0 Å². The Morgan fingerprint density at radius 1 is 1.50 bits per heavy atom. The van der Waals surface area contributed by atoms with E-state index in [0.29, 0.717) is 13.2 Å². The zero-order valence-electron chi connectivity index (χ0n) is 11.1. The number of aromatic nitrogens is 3. The van der Waals surface area contributed by atoms with Crippen molar-refractivity contribution in [1.29, 1.82) is 0 Å². The molecule has 2 aromatic rings. The van der Waals surface area contributed by atoms with Crippen LogP contribution in [0.3, 0.4) is 0 Å². The van der Waals surface area contributed by atoms with Crippen LogP contribution in [0.2, 0.25) is 0 Å². The largest absolute Gasteiger partial charge is 0.383 e. The van der Waals surface area contributed by atoms with E-state index in [-0.39, 0.29) is 22.5 Å². The fourth-order valence-electron chi connectivity index (χ4n) is 1.73. The Balaban J connectivity index is 2.42. The SMILES string of the molecule is COCCNC(=O)c1cnc2c(c1)c(=O)[nH]c(=O)n2C. The molecule has 0 unspecified atom stereocenters. The summed E-state index contributed by atoms with van der Waals surface area (Å²) in [5.74, 6) is -0.357. The number of hydrogen-bond donors (Lipinski definition) is 2. The molecule has 0 saturated heterocycles. The number of carbonyl (C=O) groups excluding carboxylic acids is 1. The van der Waals surface area contributed by atoms with Crippen molar-refractivity contribution < 1.29 is 9.53 Å². The van der Waals surface area contributed by atoms with E-state index < -0.39 is 11.2 Å². The highest BCUT2D eigenvalue weighted by molar-refractivity contribution is 5.96. The van der Waals surface area contributed by atoms with Crippen LogP contribution in [0.4, 0.5) is 0 Å². The van der Waals surface area contributed by atoms with Gasteiger partial charge >= 0.3 is 5.69 Å². The number of ether oxygens (including phenoxy) is 1. The Morgan fingerprint density at radius 3 is 2.95 bits per heavy atom. The lowest BCUT2D eigenvalue weighted by Crippen LogP contribution is -2.30. The number of nitrogens with zero attached hydrogens (tertiary/aromatic N) is 2. The second-order valence-corrected chi connectivity index (χ2v) is 4.16. The van der Waals surface area contributed by atoms with Crippen LogP contribution >= 0.6 is 0 Å². The van der Waals surface area contributed by atoms with Crippen molar-refractivity contribution in [2.24, 2.45) is 7.05 Å². The van der Waals surface area contributed by atoms with Gasteiger partial charge in [-0.2, -0.15) is 0 Å². The number of aryl methyl sites for hydroxylation is 1. The molecule has 106 valence electrons. The second kappa shape index (κ2) is 5.66. The van der Waals surface area contributed by atoms with Gasteiger partial charge in [0.1, 0.15) is 5.65 Å². The van der Waals surface area contributed by atoms with Crippen molar-refractivity contribution in [3.8, 4) is 0 Å². The topological polar surface area (TPSA) is 106 Å². The maximum Gasteiger partial charge on any atom is 0.329 e. The summed E-state index contributed by atoms with van der Waals surface area (Å²) in [6, 6.07) is 1.41. The predicted octanol–water partition coefficient (Wildman–Crippen LogP) is -1.00. The average Bonchev–Trinajstić information content (AvgIpc) is 2.44. The molecule has 0 fully saturated rings. The Morgan fingerprint density at radius 2 is 2.25 bits per heavy atom. The monoisotopic (exact) mass is 278 g/mol. The summed E-state index contributed by atoms with van der Waals surface area (Å²) < 4.78 is 6.03. The molecule has 0 atom stereocenters. The highest BCUT2D eigenvalue weighted by Gasteiger charge is 2.11. The van der Waals surface area contributed by atoms with E-state index in [2.05, 4.69) is 15.3 Å². The molecule has 0 aromatic carbocycles. The molecule has 2 aromatic heterocycles. The molecule has 20 heavy (non-hydrogen) atoms. The molecule has 0 aliphatic carbocycles. The molecule has 8 nitrogen and oxygen atoms in total. The second-order valence-electron chi connectivity index (χ2n) is 4.16. The number of aromatic amines is 1. The van der Waals surface area contributed by atoms with Gasteiger partial charge in [0.2, 0.25) is 0 Å². The number of H-pyrrole nitrogens is 1. The Kier molecular flexibility index (Phi) is 3.94. The first-order chi connectivity index (χ1) is 9.54. The quantitative estimate of drug-likeness (QED) is 0.698. The predicted molar refractivity (Wildman–Crippen MR) is 71.8 cm³/mol. The summed E-state index contributed by atoms with van der Waals surface area (Å²) in [4.78, 5) is 41.1. The Labute approximate surface area is 113 Å². The molecule has 8 heteroatoms. The van der Waals surface area contributed by atoms with E-state index in [1.165, 1.54) is 31.0 Å². The molecule has 0 saturated carbocycles. The van der Waals surface area contributed by atoms with Gasteiger partial charge < -0.3 is 10.1 Å². The summed E-state index contributed by atoms with van der Waals surface area (Å²) in [5, 5.41) is 2.81. The van der Waals surface area contributed by atoms with E-state index >= 15 is 0 Å². The lowest BCUT2D eigenvalue weighted by Gasteiger charge is -2.06. The van der Waals surface area contributed by atoms with E-state index in [4.69, 9.17) is 4.74 Å². The summed E-state index contributed by atoms with van der Waals surface area (Å²) >= 11 is 0. The lowest BCUT2D eigenvalue weighted by molar-refractivity contribution is 0.0937. The van der Waals surface area contributed by atoms with Crippen LogP contribution in [0, 0.1) is 0 Å². The molecular formula is C12H14N4O4. The number of amides is 1. The number of hydrogen-bond acceptors (Lipinski definition) is 5. The van der Waals surface area contributed by atoms with Crippen LogP contribution in [0.1, 0.15) is 10.4 Å². The van der Waals surface area contributed by atoms with E-state index in [1.807, 2.05) is 0 Å². The number of methoxy groups -OCH3 is 1. The third kappa shape index (κ3) is 2.59. The first-order valence-electron chi connectivity index (χ1n) is 5.91. The number of pyridine rings is 1. The third-order valence-electron chi connectivity index (χ3n) is 2.81. The van der Waals surface area contributed by atoms with Crippen molar-refractivity contribution in [3.05, 3.63) is 38.7 Å². The van der Waals surface area contributed by atoms with Crippen molar-refractivity contribution in [1.82, 2.24) is 19.9 Å². The standard InChI is InChI=1S/C12H14N4O4/c1-16-9-8(11(18)15-12(16)19)5-7(6-14-9)10(17)13-3-4-20-2/h5-6H,3-4H2,1-2H3,(H,13,17)(H,15,18,19). The smallest absolute Gasteiger partial charge is 0.329 e. The van der Waals surface area contributed by atoms with E-state index in [1.54, 1.807) is 0 Å². The van der Waals surface area contributed by atoms with Gasteiger partial charge in [0, 0.05) is 26.9 Å². The highest BCUT2D eigenvalue weighted by Crippen LogP contribution is 2.06. The third-order valence-corrected chi connectivity index (χ3v) is 2.81. The van der Waals surface area contributed by atoms with Crippen molar-refractivity contribution in [2.75, 3.05) is 20.3 Å². The van der Waals surface area contributed by atoms with Gasteiger partial charge in [-0.15, -0.1) is 0 Å². The highest BCUT2D eigenvalue weighted by atomic mass is 16.5. The molecule has 0 aliphatic rings. The normalized spacial score (nSPS) is 10.7. The van der Waals surface area contributed by atoms with Gasteiger partial charge in [-0.25, -0.2) is 9.78 Å². The van der Waals surface area contributed by atoms with Crippen LogP contribution in [0.5, 0.6) is 0 Å². The molecule has 0 aliphatic heterocycles. The Hall–Kier alpha value is -2.48. The summed E-state index contributed by atoms with van der Waals surface area (Å²) in [7, 11) is 3.02. The molecular weight excluding hydrogens is 264 g/mol. The zero-order valence-corrected chi connectivity index (χ0v) is 11.1. The fraction of sp³-hybridized carbons (Fsp3) is 0.333.